The Morgan fingerprint density at radius 2 is 2.00 bits per heavy atom. The molecular formula is C16H24N2O. The summed E-state index contributed by atoms with van der Waals surface area (Å²) in [5, 5.41) is 3.57. The lowest BCUT2D eigenvalue weighted by molar-refractivity contribution is 0.223. The van der Waals surface area contributed by atoms with Crippen LogP contribution in [0, 0.1) is 5.41 Å². The molecule has 1 aromatic carbocycles. The summed E-state index contributed by atoms with van der Waals surface area (Å²) in [5.74, 6) is 0.827. The van der Waals surface area contributed by atoms with Gasteiger partial charge in [0.05, 0.1) is 0 Å². The summed E-state index contributed by atoms with van der Waals surface area (Å²) < 4.78 is 5.83. The van der Waals surface area contributed by atoms with Crippen LogP contribution >= 0.6 is 0 Å². The average Bonchev–Trinajstić information content (AvgIpc) is 2.80. The van der Waals surface area contributed by atoms with Crippen molar-refractivity contribution < 1.29 is 4.42 Å². The van der Waals surface area contributed by atoms with E-state index < -0.39 is 0 Å². The molecule has 2 rings (SSSR count). The minimum atomic E-state index is 0.233. The predicted molar refractivity (Wildman–Crippen MR) is 79.2 cm³/mol. The number of aromatic nitrogens is 1. The Balaban J connectivity index is 2.21. The fraction of sp³-hybridized carbons (Fsp3) is 0.562. The van der Waals surface area contributed by atoms with E-state index >= 15 is 0 Å². The molecule has 2 aromatic rings. The van der Waals surface area contributed by atoms with E-state index in [1.807, 2.05) is 24.3 Å². The normalized spacial score (nSPS) is 13.9. The third-order valence-corrected chi connectivity index (χ3v) is 4.02. The Morgan fingerprint density at radius 3 is 2.63 bits per heavy atom. The molecule has 0 aliphatic carbocycles. The van der Waals surface area contributed by atoms with Crippen LogP contribution in [0.4, 0.5) is 0 Å². The van der Waals surface area contributed by atoms with Crippen LogP contribution < -0.4 is 5.32 Å². The summed E-state index contributed by atoms with van der Waals surface area (Å²) in [6.45, 7) is 9.93. The van der Waals surface area contributed by atoms with Gasteiger partial charge in [-0.1, -0.05) is 39.8 Å². The molecule has 0 amide bonds. The van der Waals surface area contributed by atoms with Crippen LogP contribution in [0.2, 0.25) is 0 Å². The molecular weight excluding hydrogens is 236 g/mol. The van der Waals surface area contributed by atoms with Gasteiger partial charge in [-0.15, -0.1) is 0 Å². The van der Waals surface area contributed by atoms with E-state index in [-0.39, 0.29) is 5.41 Å². The second-order valence-corrected chi connectivity index (χ2v) is 5.73. The minimum Gasteiger partial charge on any atom is -0.441 e. The Morgan fingerprint density at radius 1 is 1.26 bits per heavy atom. The monoisotopic (exact) mass is 260 g/mol. The van der Waals surface area contributed by atoms with Gasteiger partial charge < -0.3 is 9.73 Å². The Labute approximate surface area is 115 Å². The third-order valence-electron chi connectivity index (χ3n) is 4.02. The molecule has 0 radical (unpaired) electrons. The van der Waals surface area contributed by atoms with E-state index in [4.69, 9.17) is 4.42 Å². The maximum absolute atomic E-state index is 5.83. The highest BCUT2D eigenvalue weighted by molar-refractivity contribution is 5.72. The van der Waals surface area contributed by atoms with Crippen LogP contribution in [0.25, 0.3) is 11.1 Å². The summed E-state index contributed by atoms with van der Waals surface area (Å²) >= 11 is 0. The molecule has 1 unspecified atom stereocenters. The van der Waals surface area contributed by atoms with E-state index in [1.54, 1.807) is 0 Å². The first-order chi connectivity index (χ1) is 9.06. The van der Waals surface area contributed by atoms with Crippen molar-refractivity contribution in [1.82, 2.24) is 10.3 Å². The molecule has 3 nitrogen and oxygen atoms in total. The second kappa shape index (κ2) is 5.74. The Bertz CT molecular complexity index is 497. The molecule has 0 bridgehead atoms. The van der Waals surface area contributed by atoms with Gasteiger partial charge in [-0.2, -0.15) is 0 Å². The quantitative estimate of drug-likeness (QED) is 0.859. The first-order valence-corrected chi connectivity index (χ1v) is 7.14. The first-order valence-electron chi connectivity index (χ1n) is 7.14. The summed E-state index contributed by atoms with van der Waals surface area (Å²) in [7, 11) is 0. The van der Waals surface area contributed by atoms with Crippen molar-refractivity contribution in [2.75, 3.05) is 6.54 Å². The number of benzene rings is 1. The van der Waals surface area contributed by atoms with Gasteiger partial charge >= 0.3 is 0 Å². The van der Waals surface area contributed by atoms with Gasteiger partial charge in [0.1, 0.15) is 5.52 Å². The van der Waals surface area contributed by atoms with Crippen molar-refractivity contribution in [2.45, 2.75) is 46.6 Å². The largest absolute Gasteiger partial charge is 0.441 e. The number of hydrogen-bond acceptors (Lipinski definition) is 3. The van der Waals surface area contributed by atoms with Gasteiger partial charge in [0.2, 0.25) is 0 Å². The van der Waals surface area contributed by atoms with Crippen molar-refractivity contribution in [2.24, 2.45) is 5.41 Å². The fourth-order valence-electron chi connectivity index (χ4n) is 2.30. The molecule has 1 atom stereocenters. The standard InChI is InChI=1S/C16H24N2O/c1-5-16(3,4)14(17-6-2)11-15-18-12-9-7-8-10-13(12)19-15/h7-10,14,17H,5-6,11H2,1-4H3. The third kappa shape index (κ3) is 3.16. The summed E-state index contributed by atoms with van der Waals surface area (Å²) in [6.07, 6.45) is 1.97. The number of hydrogen-bond donors (Lipinski definition) is 1. The smallest absolute Gasteiger partial charge is 0.197 e. The van der Waals surface area contributed by atoms with Gasteiger partial charge in [0.25, 0.3) is 0 Å². The average molecular weight is 260 g/mol. The molecule has 1 aromatic heterocycles. The molecule has 1 N–H and O–H groups in total. The predicted octanol–water partition coefficient (Wildman–Crippen LogP) is 3.78. The van der Waals surface area contributed by atoms with Crippen molar-refractivity contribution in [3.63, 3.8) is 0 Å². The number of oxazole rings is 1. The zero-order valence-electron chi connectivity index (χ0n) is 12.4. The van der Waals surface area contributed by atoms with Gasteiger partial charge in [0, 0.05) is 12.5 Å². The lowest BCUT2D eigenvalue weighted by atomic mass is 9.80. The SMILES string of the molecule is CCNC(Cc1nc2ccccc2o1)C(C)(C)CC. The number of fused-ring (bicyclic) bond motifs is 1. The fourth-order valence-corrected chi connectivity index (χ4v) is 2.30. The molecule has 0 spiro atoms. The lowest BCUT2D eigenvalue weighted by Crippen LogP contribution is -2.43. The topological polar surface area (TPSA) is 38.1 Å². The highest BCUT2D eigenvalue weighted by Crippen LogP contribution is 2.28. The van der Waals surface area contributed by atoms with Gasteiger partial charge in [-0.3, -0.25) is 0 Å². The summed E-state index contributed by atoms with van der Waals surface area (Å²) in [4.78, 5) is 4.58. The maximum atomic E-state index is 5.83. The zero-order valence-corrected chi connectivity index (χ0v) is 12.4. The number of likely N-dealkylation sites (N-methyl/N-ethyl adjacent to an activating group) is 1. The summed E-state index contributed by atoms with van der Waals surface area (Å²) in [5.41, 5.74) is 2.06. The van der Waals surface area contributed by atoms with Crippen LogP contribution in [0.1, 0.15) is 40.0 Å². The van der Waals surface area contributed by atoms with Crippen LogP contribution in [-0.2, 0) is 6.42 Å². The Hall–Kier alpha value is -1.35. The molecule has 19 heavy (non-hydrogen) atoms. The van der Waals surface area contributed by atoms with Crippen LogP contribution in [0.15, 0.2) is 28.7 Å². The molecule has 104 valence electrons. The Kier molecular flexibility index (Phi) is 4.25. The molecule has 3 heteroatoms. The zero-order chi connectivity index (χ0) is 13.9. The highest BCUT2D eigenvalue weighted by atomic mass is 16.3. The van der Waals surface area contributed by atoms with Crippen LogP contribution in [-0.4, -0.2) is 17.6 Å². The van der Waals surface area contributed by atoms with Gasteiger partial charge in [-0.25, -0.2) is 4.98 Å². The van der Waals surface area contributed by atoms with Crippen LogP contribution in [0.5, 0.6) is 0 Å². The van der Waals surface area contributed by atoms with E-state index in [2.05, 4.69) is 38.0 Å². The van der Waals surface area contributed by atoms with Crippen molar-refractivity contribution in [3.05, 3.63) is 30.2 Å². The minimum absolute atomic E-state index is 0.233. The van der Waals surface area contributed by atoms with Crippen molar-refractivity contribution in [3.8, 4) is 0 Å². The van der Waals surface area contributed by atoms with E-state index in [0.29, 0.717) is 6.04 Å². The molecule has 0 saturated carbocycles. The summed E-state index contributed by atoms with van der Waals surface area (Å²) in [6, 6.07) is 8.33. The molecule has 0 saturated heterocycles. The highest BCUT2D eigenvalue weighted by Gasteiger charge is 2.28. The number of nitrogens with zero attached hydrogens (tertiary/aromatic N) is 1. The first kappa shape index (κ1) is 14.1. The number of nitrogens with one attached hydrogen (secondary N) is 1. The van der Waals surface area contributed by atoms with E-state index in [1.165, 1.54) is 0 Å². The van der Waals surface area contributed by atoms with Crippen molar-refractivity contribution >= 4 is 11.1 Å². The van der Waals surface area contributed by atoms with Crippen molar-refractivity contribution in [1.29, 1.82) is 0 Å². The maximum Gasteiger partial charge on any atom is 0.197 e. The van der Waals surface area contributed by atoms with Crippen LogP contribution in [0.3, 0.4) is 0 Å². The van der Waals surface area contributed by atoms with E-state index in [9.17, 15) is 0 Å². The second-order valence-electron chi connectivity index (χ2n) is 5.73. The van der Waals surface area contributed by atoms with Gasteiger partial charge in [-0.05, 0) is 30.5 Å². The number of para-hydroxylation sites is 2. The molecule has 0 aliphatic rings. The molecule has 1 heterocycles. The van der Waals surface area contributed by atoms with Gasteiger partial charge in [0.15, 0.2) is 11.5 Å². The number of rotatable bonds is 6. The molecule has 0 fully saturated rings. The lowest BCUT2D eigenvalue weighted by Gasteiger charge is -2.33. The molecule has 0 aliphatic heterocycles. The van der Waals surface area contributed by atoms with E-state index in [0.717, 1.165) is 36.4 Å².